The molecule has 0 bridgehead atoms. The van der Waals surface area contributed by atoms with E-state index >= 15 is 0 Å². The Labute approximate surface area is 126 Å². The Morgan fingerprint density at radius 3 is 2.71 bits per heavy atom. The standard InChI is InChI=1S/C13H25N3O4S/c1-3-20-13(17)12-5-4-6-16(12)21(18,19)15-8-10(2)7-11(14)9-15/h10-12H,3-9,14H2,1-2H3. The van der Waals surface area contributed by atoms with Crippen LogP contribution in [0.4, 0.5) is 0 Å². The lowest BCUT2D eigenvalue weighted by Gasteiger charge is -2.37. The van der Waals surface area contributed by atoms with Crippen LogP contribution < -0.4 is 5.73 Å². The van der Waals surface area contributed by atoms with Crippen molar-refractivity contribution < 1.29 is 17.9 Å². The highest BCUT2D eigenvalue weighted by Gasteiger charge is 2.43. The van der Waals surface area contributed by atoms with Crippen LogP contribution in [0, 0.1) is 5.92 Å². The lowest BCUT2D eigenvalue weighted by molar-refractivity contribution is -0.146. The van der Waals surface area contributed by atoms with Crippen molar-refractivity contribution in [2.75, 3.05) is 26.2 Å². The Morgan fingerprint density at radius 2 is 2.10 bits per heavy atom. The van der Waals surface area contributed by atoms with Crippen LogP contribution in [0.25, 0.3) is 0 Å². The van der Waals surface area contributed by atoms with Gasteiger partial charge in [-0.2, -0.15) is 17.0 Å². The first-order chi connectivity index (χ1) is 9.86. The Hall–Kier alpha value is -0.700. The second-order valence-corrected chi connectivity index (χ2v) is 7.83. The second kappa shape index (κ2) is 6.60. The molecule has 3 atom stereocenters. The van der Waals surface area contributed by atoms with Crippen LogP contribution in [0.1, 0.15) is 33.1 Å². The summed E-state index contributed by atoms with van der Waals surface area (Å²) >= 11 is 0. The van der Waals surface area contributed by atoms with E-state index in [2.05, 4.69) is 0 Å². The molecule has 2 heterocycles. The summed E-state index contributed by atoms with van der Waals surface area (Å²) in [5.41, 5.74) is 5.94. The number of nitrogens with zero attached hydrogens (tertiary/aromatic N) is 2. The van der Waals surface area contributed by atoms with Crippen molar-refractivity contribution in [1.82, 2.24) is 8.61 Å². The fraction of sp³-hybridized carbons (Fsp3) is 0.923. The average Bonchev–Trinajstić information content (AvgIpc) is 2.87. The van der Waals surface area contributed by atoms with Crippen LogP contribution in [0.15, 0.2) is 0 Å². The van der Waals surface area contributed by atoms with Gasteiger partial charge in [-0.1, -0.05) is 6.92 Å². The predicted octanol–water partition coefficient (Wildman–Crippen LogP) is -0.0722. The molecular weight excluding hydrogens is 294 g/mol. The number of ether oxygens (including phenoxy) is 1. The number of nitrogens with two attached hydrogens (primary N) is 1. The number of carbonyl (C=O) groups is 1. The van der Waals surface area contributed by atoms with Gasteiger partial charge in [0.1, 0.15) is 6.04 Å². The molecule has 21 heavy (non-hydrogen) atoms. The molecule has 7 nitrogen and oxygen atoms in total. The molecule has 0 spiro atoms. The average molecular weight is 319 g/mol. The van der Waals surface area contributed by atoms with Gasteiger partial charge in [0.2, 0.25) is 0 Å². The van der Waals surface area contributed by atoms with Crippen LogP contribution >= 0.6 is 0 Å². The second-order valence-electron chi connectivity index (χ2n) is 5.95. The Morgan fingerprint density at radius 1 is 1.38 bits per heavy atom. The lowest BCUT2D eigenvalue weighted by atomic mass is 9.99. The molecule has 0 aromatic carbocycles. The summed E-state index contributed by atoms with van der Waals surface area (Å²) < 4.78 is 33.3. The van der Waals surface area contributed by atoms with E-state index in [0.29, 0.717) is 32.5 Å². The molecule has 0 amide bonds. The van der Waals surface area contributed by atoms with Crippen LogP contribution in [0.3, 0.4) is 0 Å². The molecule has 0 aliphatic carbocycles. The van der Waals surface area contributed by atoms with E-state index in [1.54, 1.807) is 6.92 Å². The fourth-order valence-corrected chi connectivity index (χ4v) is 5.17. The molecule has 2 aliphatic rings. The molecule has 2 saturated heterocycles. The van der Waals surface area contributed by atoms with Crippen molar-refractivity contribution in [1.29, 1.82) is 0 Å². The Kier molecular flexibility index (Phi) is 5.24. The van der Waals surface area contributed by atoms with Gasteiger partial charge in [0.25, 0.3) is 10.2 Å². The van der Waals surface area contributed by atoms with Crippen LogP contribution in [-0.4, -0.2) is 61.3 Å². The van der Waals surface area contributed by atoms with E-state index in [4.69, 9.17) is 10.5 Å². The van der Waals surface area contributed by atoms with Crippen molar-refractivity contribution in [2.24, 2.45) is 11.7 Å². The summed E-state index contributed by atoms with van der Waals surface area (Å²) in [5.74, 6) is -0.222. The molecule has 3 unspecified atom stereocenters. The number of esters is 1. The van der Waals surface area contributed by atoms with Crippen molar-refractivity contribution >= 4 is 16.2 Å². The summed E-state index contributed by atoms with van der Waals surface area (Å²) in [6.45, 7) is 5.12. The maximum absolute atomic E-state index is 12.8. The molecule has 0 radical (unpaired) electrons. The summed E-state index contributed by atoms with van der Waals surface area (Å²) in [6, 6.07) is -0.837. The maximum Gasteiger partial charge on any atom is 0.324 e. The number of piperidine rings is 1. The van der Waals surface area contributed by atoms with E-state index in [1.807, 2.05) is 6.92 Å². The molecule has 2 aliphatic heterocycles. The van der Waals surface area contributed by atoms with E-state index in [9.17, 15) is 13.2 Å². The molecule has 0 aromatic rings. The highest BCUT2D eigenvalue weighted by molar-refractivity contribution is 7.86. The first-order valence-electron chi connectivity index (χ1n) is 7.55. The first-order valence-corrected chi connectivity index (χ1v) is 8.95. The van der Waals surface area contributed by atoms with Gasteiger partial charge in [-0.05, 0) is 32.1 Å². The van der Waals surface area contributed by atoms with Gasteiger partial charge in [-0.15, -0.1) is 0 Å². The van der Waals surface area contributed by atoms with E-state index < -0.39 is 22.2 Å². The molecule has 2 N–H and O–H groups in total. The first kappa shape index (κ1) is 16.7. The van der Waals surface area contributed by atoms with Gasteiger partial charge in [0, 0.05) is 25.7 Å². The minimum Gasteiger partial charge on any atom is -0.465 e. The summed E-state index contributed by atoms with van der Waals surface area (Å²) in [4.78, 5) is 11.9. The minimum atomic E-state index is -3.65. The summed E-state index contributed by atoms with van der Waals surface area (Å²) in [7, 11) is -3.65. The molecule has 8 heteroatoms. The van der Waals surface area contributed by atoms with Crippen molar-refractivity contribution in [3.8, 4) is 0 Å². The van der Waals surface area contributed by atoms with Gasteiger partial charge < -0.3 is 10.5 Å². The highest BCUT2D eigenvalue weighted by atomic mass is 32.2. The van der Waals surface area contributed by atoms with Gasteiger partial charge >= 0.3 is 5.97 Å². The maximum atomic E-state index is 12.8. The molecule has 0 saturated carbocycles. The minimum absolute atomic E-state index is 0.146. The quantitative estimate of drug-likeness (QED) is 0.732. The van der Waals surface area contributed by atoms with Gasteiger partial charge in [-0.3, -0.25) is 4.79 Å². The highest BCUT2D eigenvalue weighted by Crippen LogP contribution is 2.27. The topological polar surface area (TPSA) is 92.9 Å². The van der Waals surface area contributed by atoms with E-state index in [0.717, 1.165) is 6.42 Å². The Balaban J connectivity index is 2.16. The third-order valence-corrected chi connectivity index (χ3v) is 6.02. The van der Waals surface area contributed by atoms with Crippen molar-refractivity contribution in [3.63, 3.8) is 0 Å². The molecular formula is C13H25N3O4S. The molecule has 0 aromatic heterocycles. The Bertz CT molecular complexity index is 472. The molecule has 122 valence electrons. The number of carbonyl (C=O) groups excluding carboxylic acids is 1. The van der Waals surface area contributed by atoms with E-state index in [-0.39, 0.29) is 18.6 Å². The summed E-state index contributed by atoms with van der Waals surface area (Å²) in [6.07, 6.45) is 2.03. The molecule has 2 fully saturated rings. The largest absolute Gasteiger partial charge is 0.465 e. The van der Waals surface area contributed by atoms with Crippen molar-refractivity contribution in [2.45, 2.75) is 45.2 Å². The normalized spacial score (nSPS) is 32.2. The zero-order valence-electron chi connectivity index (χ0n) is 12.7. The smallest absolute Gasteiger partial charge is 0.324 e. The number of hydrogen-bond acceptors (Lipinski definition) is 5. The van der Waals surface area contributed by atoms with Gasteiger partial charge in [0.05, 0.1) is 6.61 Å². The molecule has 2 rings (SSSR count). The monoisotopic (exact) mass is 319 g/mol. The van der Waals surface area contributed by atoms with Crippen LogP contribution in [0.2, 0.25) is 0 Å². The number of hydrogen-bond donors (Lipinski definition) is 1. The lowest BCUT2D eigenvalue weighted by Crippen LogP contribution is -2.55. The predicted molar refractivity (Wildman–Crippen MR) is 78.6 cm³/mol. The zero-order chi connectivity index (χ0) is 15.6. The third kappa shape index (κ3) is 3.56. The summed E-state index contributed by atoms with van der Waals surface area (Å²) in [5, 5.41) is 0. The van der Waals surface area contributed by atoms with Crippen molar-refractivity contribution in [3.05, 3.63) is 0 Å². The number of rotatable bonds is 4. The zero-order valence-corrected chi connectivity index (χ0v) is 13.5. The van der Waals surface area contributed by atoms with Crippen LogP contribution in [-0.2, 0) is 19.7 Å². The van der Waals surface area contributed by atoms with Gasteiger partial charge in [-0.25, -0.2) is 0 Å². The van der Waals surface area contributed by atoms with Crippen LogP contribution in [0.5, 0.6) is 0 Å². The SMILES string of the molecule is CCOC(=O)C1CCCN1S(=O)(=O)N1CC(C)CC(N)C1. The third-order valence-electron chi connectivity index (χ3n) is 4.04. The fourth-order valence-electron chi connectivity index (χ4n) is 3.18. The van der Waals surface area contributed by atoms with Gasteiger partial charge in [0.15, 0.2) is 0 Å². The van der Waals surface area contributed by atoms with E-state index in [1.165, 1.54) is 8.61 Å².